The van der Waals surface area contributed by atoms with Crippen LogP contribution in [0.5, 0.6) is 0 Å². The predicted octanol–water partition coefficient (Wildman–Crippen LogP) is 4.61. The largest absolute Gasteiger partial charge is 0.348 e. The fraction of sp³-hybridized carbons (Fsp3) is 0.0952. The molecule has 1 aromatic heterocycles. The smallest absolute Gasteiger partial charge is 0.121 e. The van der Waals surface area contributed by atoms with Crippen LogP contribution in [0, 0.1) is 0 Å². The van der Waals surface area contributed by atoms with Crippen molar-refractivity contribution in [3.63, 3.8) is 0 Å². The van der Waals surface area contributed by atoms with Gasteiger partial charge in [0.25, 0.3) is 0 Å². The number of allylic oxidation sites excluding steroid dienone is 4. The fourth-order valence-corrected chi connectivity index (χ4v) is 3.52. The van der Waals surface area contributed by atoms with E-state index in [0.29, 0.717) is 0 Å². The Morgan fingerprint density at radius 1 is 0.870 bits per heavy atom. The molecule has 3 aromatic rings. The minimum absolute atomic E-state index is 0.197. The third kappa shape index (κ3) is 2.23. The molecule has 0 bridgehead atoms. The summed E-state index contributed by atoms with van der Waals surface area (Å²) in [5, 5.41) is 0. The lowest BCUT2D eigenvalue weighted by atomic mass is 9.65. The number of hydrogen-bond donors (Lipinski definition) is 1. The van der Waals surface area contributed by atoms with Gasteiger partial charge in [0.2, 0.25) is 0 Å². The molecule has 0 spiro atoms. The van der Waals surface area contributed by atoms with Gasteiger partial charge in [0.1, 0.15) is 5.82 Å². The molecule has 0 saturated heterocycles. The van der Waals surface area contributed by atoms with E-state index in [1.165, 1.54) is 11.1 Å². The topological polar surface area (TPSA) is 28.7 Å². The number of H-pyrrole nitrogens is 1. The second kappa shape index (κ2) is 5.73. The van der Waals surface area contributed by atoms with Gasteiger partial charge < -0.3 is 4.98 Å². The van der Waals surface area contributed by atoms with Crippen LogP contribution in [0.15, 0.2) is 97.4 Å². The first kappa shape index (κ1) is 13.8. The SMILES string of the molecule is C1=CC(c2ccccc2)C(c2ccccc2)(c2ncc[nH]2)C=C1. The van der Waals surface area contributed by atoms with E-state index in [1.54, 1.807) is 0 Å². The van der Waals surface area contributed by atoms with Crippen molar-refractivity contribution in [3.05, 3.63) is 114 Å². The van der Waals surface area contributed by atoms with Crippen LogP contribution in [0.2, 0.25) is 0 Å². The standard InChI is InChI=1S/C21H18N2/c1-3-9-17(10-4-1)19-13-7-8-14-21(19,20-22-15-16-23-20)18-11-5-2-6-12-18/h1-16,19H,(H,22,23). The van der Waals surface area contributed by atoms with Crippen LogP contribution in [-0.4, -0.2) is 9.97 Å². The summed E-state index contributed by atoms with van der Waals surface area (Å²) in [6, 6.07) is 21.2. The summed E-state index contributed by atoms with van der Waals surface area (Å²) in [5.41, 5.74) is 2.21. The first-order chi connectivity index (χ1) is 11.4. The molecule has 2 atom stereocenters. The minimum Gasteiger partial charge on any atom is -0.348 e. The molecule has 2 nitrogen and oxygen atoms in total. The third-order valence-corrected chi connectivity index (χ3v) is 4.56. The lowest BCUT2D eigenvalue weighted by Crippen LogP contribution is -2.34. The molecule has 1 aliphatic carbocycles. The summed E-state index contributed by atoms with van der Waals surface area (Å²) in [4.78, 5) is 7.97. The highest BCUT2D eigenvalue weighted by molar-refractivity contribution is 5.50. The van der Waals surface area contributed by atoms with Crippen LogP contribution in [0.3, 0.4) is 0 Å². The number of nitrogens with zero attached hydrogens (tertiary/aromatic N) is 1. The van der Waals surface area contributed by atoms with E-state index in [-0.39, 0.29) is 11.3 Å². The summed E-state index contributed by atoms with van der Waals surface area (Å²) in [7, 11) is 0. The van der Waals surface area contributed by atoms with E-state index in [2.05, 4.69) is 94.9 Å². The fourth-order valence-electron chi connectivity index (χ4n) is 3.52. The predicted molar refractivity (Wildman–Crippen MR) is 93.3 cm³/mol. The molecular weight excluding hydrogens is 280 g/mol. The Labute approximate surface area is 136 Å². The molecule has 0 aliphatic heterocycles. The van der Waals surface area contributed by atoms with Crippen LogP contribution in [0.25, 0.3) is 0 Å². The summed E-state index contributed by atoms with van der Waals surface area (Å²) in [5.74, 6) is 1.17. The van der Waals surface area contributed by atoms with E-state index in [4.69, 9.17) is 0 Å². The number of nitrogens with one attached hydrogen (secondary N) is 1. The zero-order valence-electron chi connectivity index (χ0n) is 12.8. The number of benzene rings is 2. The number of rotatable bonds is 3. The van der Waals surface area contributed by atoms with Gasteiger partial charge in [0.05, 0.1) is 5.41 Å². The molecule has 0 radical (unpaired) electrons. The monoisotopic (exact) mass is 298 g/mol. The quantitative estimate of drug-likeness (QED) is 0.752. The maximum Gasteiger partial charge on any atom is 0.121 e. The summed E-state index contributed by atoms with van der Waals surface area (Å²) < 4.78 is 0. The van der Waals surface area contributed by atoms with Crippen LogP contribution >= 0.6 is 0 Å². The maximum absolute atomic E-state index is 4.62. The molecule has 23 heavy (non-hydrogen) atoms. The Balaban J connectivity index is 1.97. The van der Waals surface area contributed by atoms with Gasteiger partial charge in [-0.05, 0) is 11.1 Å². The average Bonchev–Trinajstić information content (AvgIpc) is 3.18. The number of aromatic nitrogens is 2. The molecule has 4 rings (SSSR count). The van der Waals surface area contributed by atoms with Gasteiger partial charge in [-0.15, -0.1) is 0 Å². The molecular formula is C21H18N2. The molecule has 1 aliphatic rings. The van der Waals surface area contributed by atoms with Crippen molar-refractivity contribution in [2.75, 3.05) is 0 Å². The van der Waals surface area contributed by atoms with Crippen LogP contribution in [0.4, 0.5) is 0 Å². The van der Waals surface area contributed by atoms with Crippen molar-refractivity contribution >= 4 is 0 Å². The molecule has 112 valence electrons. The molecule has 2 heteroatoms. The van der Waals surface area contributed by atoms with E-state index < -0.39 is 0 Å². The van der Waals surface area contributed by atoms with Crippen molar-refractivity contribution in [3.8, 4) is 0 Å². The summed E-state index contributed by atoms with van der Waals surface area (Å²) in [6.07, 6.45) is 12.5. The van der Waals surface area contributed by atoms with Crippen molar-refractivity contribution in [2.45, 2.75) is 11.3 Å². The van der Waals surface area contributed by atoms with E-state index >= 15 is 0 Å². The van der Waals surface area contributed by atoms with Gasteiger partial charge in [-0.2, -0.15) is 0 Å². The normalized spacial score (nSPS) is 23.0. The first-order valence-electron chi connectivity index (χ1n) is 7.87. The second-order valence-electron chi connectivity index (χ2n) is 5.81. The molecule has 2 unspecified atom stereocenters. The van der Waals surface area contributed by atoms with Gasteiger partial charge >= 0.3 is 0 Å². The number of hydrogen-bond acceptors (Lipinski definition) is 1. The Bertz CT molecular complexity index is 817. The zero-order chi connectivity index (χ0) is 15.5. The average molecular weight is 298 g/mol. The second-order valence-corrected chi connectivity index (χ2v) is 5.81. The Morgan fingerprint density at radius 2 is 1.61 bits per heavy atom. The summed E-state index contributed by atoms with van der Waals surface area (Å²) >= 11 is 0. The Morgan fingerprint density at radius 3 is 2.30 bits per heavy atom. The number of aromatic amines is 1. The van der Waals surface area contributed by atoms with E-state index in [9.17, 15) is 0 Å². The molecule has 1 N–H and O–H groups in total. The highest BCUT2D eigenvalue weighted by atomic mass is 14.9. The highest BCUT2D eigenvalue weighted by Crippen LogP contribution is 2.46. The zero-order valence-corrected chi connectivity index (χ0v) is 12.8. The van der Waals surface area contributed by atoms with Gasteiger partial charge in [0.15, 0.2) is 0 Å². The molecule has 2 aromatic carbocycles. The van der Waals surface area contributed by atoms with Crippen molar-refractivity contribution in [1.29, 1.82) is 0 Å². The lowest BCUT2D eigenvalue weighted by molar-refractivity contribution is 0.535. The van der Waals surface area contributed by atoms with E-state index in [0.717, 1.165) is 5.82 Å². The number of imidazole rings is 1. The molecule has 0 fully saturated rings. The third-order valence-electron chi connectivity index (χ3n) is 4.56. The molecule has 0 saturated carbocycles. The van der Waals surface area contributed by atoms with Crippen LogP contribution in [0.1, 0.15) is 22.9 Å². The molecule has 1 heterocycles. The molecule has 0 amide bonds. The summed E-state index contributed by atoms with van der Waals surface area (Å²) in [6.45, 7) is 0. The van der Waals surface area contributed by atoms with Gasteiger partial charge in [-0.25, -0.2) is 4.98 Å². The Kier molecular flexibility index (Phi) is 3.43. The first-order valence-corrected chi connectivity index (χ1v) is 7.87. The van der Waals surface area contributed by atoms with Gasteiger partial charge in [0, 0.05) is 18.3 Å². The van der Waals surface area contributed by atoms with Gasteiger partial charge in [-0.3, -0.25) is 0 Å². The van der Waals surface area contributed by atoms with Crippen LogP contribution < -0.4 is 0 Å². The lowest BCUT2D eigenvalue weighted by Gasteiger charge is -2.38. The minimum atomic E-state index is -0.319. The maximum atomic E-state index is 4.62. The van der Waals surface area contributed by atoms with Crippen molar-refractivity contribution in [1.82, 2.24) is 9.97 Å². The Hall–Kier alpha value is -2.87. The van der Waals surface area contributed by atoms with Gasteiger partial charge in [-0.1, -0.05) is 85.0 Å². The van der Waals surface area contributed by atoms with Crippen molar-refractivity contribution < 1.29 is 0 Å². The van der Waals surface area contributed by atoms with Crippen LogP contribution in [-0.2, 0) is 5.41 Å². The van der Waals surface area contributed by atoms with Crippen molar-refractivity contribution in [2.24, 2.45) is 0 Å². The van der Waals surface area contributed by atoms with E-state index in [1.807, 2.05) is 12.4 Å². The highest BCUT2D eigenvalue weighted by Gasteiger charge is 2.42.